The molecule has 0 radical (unpaired) electrons. The predicted octanol–water partition coefficient (Wildman–Crippen LogP) is 4.86. The quantitative estimate of drug-likeness (QED) is 0.538. The van der Waals surface area contributed by atoms with Crippen molar-refractivity contribution in [2.24, 2.45) is 0 Å². The lowest BCUT2D eigenvalue weighted by atomic mass is 10.1. The number of carbonyl (C=O) groups is 1. The maximum absolute atomic E-state index is 12.5. The normalized spacial score (nSPS) is 10.8. The Morgan fingerprint density at radius 2 is 1.97 bits per heavy atom. The van der Waals surface area contributed by atoms with Crippen LogP contribution in [0.1, 0.15) is 39.3 Å². The van der Waals surface area contributed by atoms with Gasteiger partial charge in [-0.1, -0.05) is 23.7 Å². The van der Waals surface area contributed by atoms with E-state index in [0.717, 1.165) is 41.2 Å². The highest BCUT2D eigenvalue weighted by Gasteiger charge is 2.08. The van der Waals surface area contributed by atoms with E-state index in [-0.39, 0.29) is 5.91 Å². The van der Waals surface area contributed by atoms with Gasteiger partial charge in [0.05, 0.1) is 5.69 Å². The molecule has 0 unspecified atom stereocenters. The molecule has 2 aromatic carbocycles. The molecule has 0 aliphatic carbocycles. The van der Waals surface area contributed by atoms with Gasteiger partial charge in [0.1, 0.15) is 12.4 Å². The van der Waals surface area contributed by atoms with E-state index in [0.29, 0.717) is 23.7 Å². The lowest BCUT2D eigenvalue weighted by molar-refractivity contribution is 0.0952. The van der Waals surface area contributed by atoms with Gasteiger partial charge in [0.25, 0.3) is 5.91 Å². The van der Waals surface area contributed by atoms with Crippen molar-refractivity contribution in [3.05, 3.63) is 81.6 Å². The van der Waals surface area contributed by atoms with Crippen LogP contribution in [-0.4, -0.2) is 22.2 Å². The molecule has 0 aliphatic heterocycles. The zero-order chi connectivity index (χ0) is 20.8. The molecule has 152 valence electrons. The Morgan fingerprint density at radius 1 is 1.14 bits per heavy atom. The first-order valence-electron chi connectivity index (χ1n) is 9.69. The van der Waals surface area contributed by atoms with Gasteiger partial charge in [0.15, 0.2) is 0 Å². The second kappa shape index (κ2) is 9.61. The molecular formula is C23H26ClN3O2. The number of halogens is 1. The van der Waals surface area contributed by atoms with Crippen LogP contribution < -0.4 is 10.1 Å². The molecule has 0 fully saturated rings. The summed E-state index contributed by atoms with van der Waals surface area (Å²) in [6.45, 7) is 7.75. The van der Waals surface area contributed by atoms with Crippen LogP contribution in [0.4, 0.5) is 0 Å². The van der Waals surface area contributed by atoms with Gasteiger partial charge in [0, 0.05) is 29.4 Å². The van der Waals surface area contributed by atoms with Crippen LogP contribution in [0.2, 0.25) is 5.02 Å². The fraction of sp³-hybridized carbons (Fsp3) is 0.304. The van der Waals surface area contributed by atoms with Gasteiger partial charge in [-0.15, -0.1) is 0 Å². The fourth-order valence-electron chi connectivity index (χ4n) is 3.17. The highest BCUT2D eigenvalue weighted by atomic mass is 35.5. The number of aromatic nitrogens is 2. The number of carbonyl (C=O) groups excluding carboxylic acids is 1. The molecule has 1 heterocycles. The lowest BCUT2D eigenvalue weighted by Crippen LogP contribution is -2.25. The van der Waals surface area contributed by atoms with E-state index in [2.05, 4.69) is 16.5 Å². The Morgan fingerprint density at radius 3 is 2.69 bits per heavy atom. The Bertz CT molecular complexity index is 998. The topological polar surface area (TPSA) is 56.2 Å². The minimum Gasteiger partial charge on any atom is -0.489 e. The molecule has 1 N–H and O–H groups in total. The van der Waals surface area contributed by atoms with E-state index < -0.39 is 0 Å². The number of ether oxygens (including phenoxy) is 1. The number of rotatable bonds is 8. The van der Waals surface area contributed by atoms with Crippen LogP contribution in [0, 0.1) is 20.8 Å². The van der Waals surface area contributed by atoms with Crippen LogP contribution >= 0.6 is 11.6 Å². The highest BCUT2D eigenvalue weighted by Crippen LogP contribution is 2.22. The van der Waals surface area contributed by atoms with E-state index in [9.17, 15) is 4.79 Å². The molecule has 6 heteroatoms. The second-order valence-electron chi connectivity index (χ2n) is 7.16. The molecular weight excluding hydrogens is 386 g/mol. The van der Waals surface area contributed by atoms with Crippen molar-refractivity contribution in [1.29, 1.82) is 0 Å². The van der Waals surface area contributed by atoms with Crippen molar-refractivity contribution in [1.82, 2.24) is 15.1 Å². The van der Waals surface area contributed by atoms with Gasteiger partial charge >= 0.3 is 0 Å². The third-order valence-corrected chi connectivity index (χ3v) is 4.89. The smallest absolute Gasteiger partial charge is 0.251 e. The summed E-state index contributed by atoms with van der Waals surface area (Å²) in [5, 5.41) is 8.10. The van der Waals surface area contributed by atoms with E-state index >= 15 is 0 Å². The minimum absolute atomic E-state index is 0.0807. The third-order valence-electron chi connectivity index (χ3n) is 4.66. The summed E-state index contributed by atoms with van der Waals surface area (Å²) < 4.78 is 7.84. The van der Waals surface area contributed by atoms with E-state index in [1.807, 2.05) is 61.9 Å². The summed E-state index contributed by atoms with van der Waals surface area (Å²) in [6, 6.07) is 15.1. The van der Waals surface area contributed by atoms with Crippen LogP contribution in [0.25, 0.3) is 0 Å². The van der Waals surface area contributed by atoms with Crippen molar-refractivity contribution in [2.75, 3.05) is 6.54 Å². The van der Waals surface area contributed by atoms with E-state index in [1.54, 1.807) is 6.07 Å². The summed E-state index contributed by atoms with van der Waals surface area (Å²) >= 11 is 5.98. The summed E-state index contributed by atoms with van der Waals surface area (Å²) in [6.07, 6.45) is 0.826. The summed E-state index contributed by atoms with van der Waals surface area (Å²) in [5.74, 6) is 0.705. The third kappa shape index (κ3) is 5.84. The monoisotopic (exact) mass is 411 g/mol. The van der Waals surface area contributed by atoms with Gasteiger partial charge in [-0.3, -0.25) is 9.48 Å². The van der Waals surface area contributed by atoms with Crippen molar-refractivity contribution in [3.63, 3.8) is 0 Å². The Hall–Kier alpha value is -2.79. The standard InChI is InChI=1S/C23H26ClN3O2/c1-16-12-21(24)8-9-22(16)29-15-19-6-4-7-20(14-19)23(28)25-10-5-11-27-18(3)13-17(2)26-27/h4,6-9,12-14H,5,10-11,15H2,1-3H3,(H,25,28). The predicted molar refractivity (Wildman–Crippen MR) is 116 cm³/mol. The first-order valence-corrected chi connectivity index (χ1v) is 10.1. The zero-order valence-corrected chi connectivity index (χ0v) is 17.8. The molecule has 1 amide bonds. The molecule has 29 heavy (non-hydrogen) atoms. The average Bonchev–Trinajstić information content (AvgIpc) is 3.01. The number of benzene rings is 2. The molecule has 3 aromatic rings. The maximum Gasteiger partial charge on any atom is 0.251 e. The number of nitrogens with zero attached hydrogens (tertiary/aromatic N) is 2. The number of nitrogens with one attached hydrogen (secondary N) is 1. The molecule has 1 aromatic heterocycles. The molecule has 0 bridgehead atoms. The zero-order valence-electron chi connectivity index (χ0n) is 17.0. The second-order valence-corrected chi connectivity index (χ2v) is 7.60. The summed E-state index contributed by atoms with van der Waals surface area (Å²) in [4.78, 5) is 12.5. The van der Waals surface area contributed by atoms with Gasteiger partial charge in [-0.05, 0) is 74.7 Å². The van der Waals surface area contributed by atoms with E-state index in [1.165, 1.54) is 0 Å². The maximum atomic E-state index is 12.5. The molecule has 0 spiro atoms. The lowest BCUT2D eigenvalue weighted by Gasteiger charge is -2.11. The van der Waals surface area contributed by atoms with Crippen molar-refractivity contribution < 1.29 is 9.53 Å². The number of aryl methyl sites for hydroxylation is 4. The van der Waals surface area contributed by atoms with E-state index in [4.69, 9.17) is 16.3 Å². The number of hydrogen-bond donors (Lipinski definition) is 1. The summed E-state index contributed by atoms with van der Waals surface area (Å²) in [7, 11) is 0. The number of amides is 1. The van der Waals surface area contributed by atoms with Gasteiger partial charge in [-0.25, -0.2) is 0 Å². The molecule has 0 atom stereocenters. The van der Waals surface area contributed by atoms with Crippen LogP contribution in [0.15, 0.2) is 48.5 Å². The average molecular weight is 412 g/mol. The van der Waals surface area contributed by atoms with Gasteiger partial charge < -0.3 is 10.1 Å². The summed E-state index contributed by atoms with van der Waals surface area (Å²) in [5.41, 5.74) is 4.70. The first kappa shape index (κ1) is 20.9. The molecule has 5 nitrogen and oxygen atoms in total. The Kier molecular flexibility index (Phi) is 6.94. The van der Waals surface area contributed by atoms with Gasteiger partial charge in [0.2, 0.25) is 0 Å². The highest BCUT2D eigenvalue weighted by molar-refractivity contribution is 6.30. The van der Waals surface area contributed by atoms with Crippen molar-refractivity contribution in [2.45, 2.75) is 40.3 Å². The minimum atomic E-state index is -0.0807. The molecule has 0 aliphatic rings. The SMILES string of the molecule is Cc1cc(C)n(CCCNC(=O)c2cccc(COc3ccc(Cl)cc3C)c2)n1. The first-order chi connectivity index (χ1) is 13.9. The Labute approximate surface area is 176 Å². The van der Waals surface area contributed by atoms with Crippen LogP contribution in [0.5, 0.6) is 5.75 Å². The van der Waals surface area contributed by atoms with Gasteiger partial charge in [-0.2, -0.15) is 5.10 Å². The molecule has 0 saturated carbocycles. The van der Waals surface area contributed by atoms with Crippen LogP contribution in [-0.2, 0) is 13.2 Å². The van der Waals surface area contributed by atoms with Crippen LogP contribution in [0.3, 0.4) is 0 Å². The Balaban J connectivity index is 1.50. The largest absolute Gasteiger partial charge is 0.489 e. The number of hydrogen-bond acceptors (Lipinski definition) is 3. The van der Waals surface area contributed by atoms with Crippen molar-refractivity contribution >= 4 is 17.5 Å². The molecule has 0 saturated heterocycles. The fourth-order valence-corrected chi connectivity index (χ4v) is 3.40. The molecule has 3 rings (SSSR count). The van der Waals surface area contributed by atoms with Crippen molar-refractivity contribution in [3.8, 4) is 5.75 Å².